The lowest BCUT2D eigenvalue weighted by molar-refractivity contribution is 0.491. The van der Waals surface area contributed by atoms with Crippen LogP contribution in [0.4, 0.5) is 5.69 Å². The van der Waals surface area contributed by atoms with E-state index in [4.69, 9.17) is 5.73 Å². The highest BCUT2D eigenvalue weighted by Gasteiger charge is 2.32. The molecule has 0 radical (unpaired) electrons. The second-order valence-corrected chi connectivity index (χ2v) is 5.61. The quantitative estimate of drug-likeness (QED) is 0.759. The largest absolute Gasteiger partial charge is 0.399 e. The van der Waals surface area contributed by atoms with Crippen LogP contribution in [0.5, 0.6) is 0 Å². The van der Waals surface area contributed by atoms with E-state index < -0.39 is 0 Å². The van der Waals surface area contributed by atoms with Crippen LogP contribution < -0.4 is 5.73 Å². The summed E-state index contributed by atoms with van der Waals surface area (Å²) in [5.41, 5.74) is 9.46. The van der Waals surface area contributed by atoms with E-state index in [0.717, 1.165) is 17.4 Å². The molecule has 0 amide bonds. The van der Waals surface area contributed by atoms with Crippen molar-refractivity contribution in [3.8, 4) is 0 Å². The van der Waals surface area contributed by atoms with Crippen LogP contribution in [0.25, 0.3) is 0 Å². The number of hydrogen-bond donors (Lipinski definition) is 1. The maximum absolute atomic E-state index is 5.82. The van der Waals surface area contributed by atoms with E-state index >= 15 is 0 Å². The third kappa shape index (κ3) is 1.62. The number of rotatable bonds is 1. The predicted molar refractivity (Wildman–Crippen MR) is 68.4 cm³/mol. The van der Waals surface area contributed by atoms with Crippen molar-refractivity contribution in [3.63, 3.8) is 0 Å². The zero-order chi connectivity index (χ0) is 10.3. The number of nitrogens with zero attached hydrogens (tertiary/aromatic N) is 1. The lowest BCUT2D eigenvalue weighted by atomic mass is 10.1. The third-order valence-electron chi connectivity index (χ3n) is 2.68. The van der Waals surface area contributed by atoms with E-state index in [9.17, 15) is 0 Å². The Bertz CT molecular complexity index is 417. The Morgan fingerprint density at radius 3 is 3.13 bits per heavy atom. The van der Waals surface area contributed by atoms with E-state index in [2.05, 4.69) is 22.4 Å². The predicted octanol–water partition coefficient (Wildman–Crippen LogP) is 2.86. The highest BCUT2D eigenvalue weighted by atomic mass is 32.2. The number of thioether (sulfide) groups is 2. The van der Waals surface area contributed by atoms with Gasteiger partial charge in [-0.1, -0.05) is 12.1 Å². The van der Waals surface area contributed by atoms with Gasteiger partial charge in [-0.3, -0.25) is 0 Å². The Balaban J connectivity index is 1.95. The van der Waals surface area contributed by atoms with Crippen LogP contribution in [-0.4, -0.2) is 16.7 Å². The van der Waals surface area contributed by atoms with Crippen LogP contribution >= 0.6 is 23.5 Å². The Labute approximate surface area is 97.9 Å². The standard InChI is InChI=1S/C11H12N2S2/c12-9-3-1-2-8(4-9)11-10-5-14-6-13(10)7-15-11/h1-5,11H,6-7,12H2. The van der Waals surface area contributed by atoms with Gasteiger partial charge in [0.25, 0.3) is 0 Å². The molecule has 0 aliphatic carbocycles. The fourth-order valence-corrected chi connectivity index (χ4v) is 4.39. The van der Waals surface area contributed by atoms with Crippen LogP contribution in [0.2, 0.25) is 0 Å². The van der Waals surface area contributed by atoms with Crippen molar-refractivity contribution in [1.29, 1.82) is 0 Å². The van der Waals surface area contributed by atoms with Crippen molar-refractivity contribution in [2.75, 3.05) is 17.5 Å². The maximum atomic E-state index is 5.82. The Hall–Kier alpha value is -0.740. The molecule has 15 heavy (non-hydrogen) atoms. The minimum atomic E-state index is 0.489. The first-order chi connectivity index (χ1) is 7.34. The minimum Gasteiger partial charge on any atom is -0.399 e. The van der Waals surface area contributed by atoms with E-state index in [1.54, 1.807) is 0 Å². The summed E-state index contributed by atoms with van der Waals surface area (Å²) in [4.78, 5) is 2.43. The van der Waals surface area contributed by atoms with E-state index in [-0.39, 0.29) is 0 Å². The SMILES string of the molecule is Nc1cccc(C2SCN3CSC=C23)c1. The normalized spacial score (nSPS) is 24.1. The molecule has 1 saturated heterocycles. The zero-order valence-corrected chi connectivity index (χ0v) is 9.85. The van der Waals surface area contributed by atoms with E-state index in [1.165, 1.54) is 11.3 Å². The lowest BCUT2D eigenvalue weighted by Crippen LogP contribution is -2.12. The molecule has 3 rings (SSSR count). The summed E-state index contributed by atoms with van der Waals surface area (Å²) >= 11 is 3.87. The minimum absolute atomic E-state index is 0.489. The van der Waals surface area contributed by atoms with Crippen molar-refractivity contribution < 1.29 is 0 Å². The van der Waals surface area contributed by atoms with Gasteiger partial charge in [-0.05, 0) is 23.1 Å². The van der Waals surface area contributed by atoms with Crippen LogP contribution in [0.3, 0.4) is 0 Å². The smallest absolute Gasteiger partial charge is 0.0719 e. The molecule has 1 fully saturated rings. The van der Waals surface area contributed by atoms with Gasteiger partial charge < -0.3 is 10.6 Å². The fraction of sp³-hybridized carbons (Fsp3) is 0.273. The molecule has 1 aromatic rings. The molecular formula is C11H12N2S2. The van der Waals surface area contributed by atoms with Crippen LogP contribution in [0.1, 0.15) is 10.8 Å². The van der Waals surface area contributed by atoms with Crippen molar-refractivity contribution in [2.45, 2.75) is 5.25 Å². The summed E-state index contributed by atoms with van der Waals surface area (Å²) in [5.74, 6) is 2.22. The molecule has 1 unspecified atom stereocenters. The molecule has 1 atom stereocenters. The van der Waals surface area contributed by atoms with Gasteiger partial charge in [0.05, 0.1) is 17.0 Å². The summed E-state index contributed by atoms with van der Waals surface area (Å²) in [6.07, 6.45) is 0. The highest BCUT2D eigenvalue weighted by molar-refractivity contribution is 8.03. The monoisotopic (exact) mass is 236 g/mol. The first-order valence-electron chi connectivity index (χ1n) is 4.88. The molecule has 2 nitrogen and oxygen atoms in total. The van der Waals surface area contributed by atoms with Crippen LogP contribution in [0, 0.1) is 0 Å². The summed E-state index contributed by atoms with van der Waals surface area (Å²) in [6.45, 7) is 0. The summed E-state index contributed by atoms with van der Waals surface area (Å²) in [6, 6.07) is 8.24. The Kier molecular flexibility index (Phi) is 2.33. The number of nitrogens with two attached hydrogens (primary N) is 1. The summed E-state index contributed by atoms with van der Waals surface area (Å²) < 4.78 is 0. The zero-order valence-electron chi connectivity index (χ0n) is 8.22. The van der Waals surface area contributed by atoms with Gasteiger partial charge in [-0.2, -0.15) is 0 Å². The highest BCUT2D eigenvalue weighted by Crippen LogP contribution is 2.48. The number of fused-ring (bicyclic) bond motifs is 1. The molecule has 0 saturated carbocycles. The van der Waals surface area contributed by atoms with Gasteiger partial charge in [-0.25, -0.2) is 0 Å². The number of nitrogen functional groups attached to an aromatic ring is 1. The summed E-state index contributed by atoms with van der Waals surface area (Å²) in [7, 11) is 0. The first kappa shape index (κ1) is 9.48. The van der Waals surface area contributed by atoms with Gasteiger partial charge in [0, 0.05) is 11.4 Å². The molecule has 2 N–H and O–H groups in total. The molecule has 0 bridgehead atoms. The lowest BCUT2D eigenvalue weighted by Gasteiger charge is -2.14. The van der Waals surface area contributed by atoms with Gasteiger partial charge in [0.2, 0.25) is 0 Å². The topological polar surface area (TPSA) is 29.3 Å². The van der Waals surface area contributed by atoms with E-state index in [1.807, 2.05) is 35.7 Å². The van der Waals surface area contributed by atoms with Gasteiger partial charge in [0.15, 0.2) is 0 Å². The number of hydrogen-bond acceptors (Lipinski definition) is 4. The Morgan fingerprint density at radius 1 is 1.33 bits per heavy atom. The van der Waals surface area contributed by atoms with Gasteiger partial charge in [0.1, 0.15) is 0 Å². The second kappa shape index (κ2) is 3.68. The first-order valence-corrected chi connectivity index (χ1v) is 6.98. The fourth-order valence-electron chi connectivity index (χ4n) is 1.94. The average molecular weight is 236 g/mol. The van der Waals surface area contributed by atoms with E-state index in [0.29, 0.717) is 5.25 Å². The molecule has 2 aliphatic rings. The average Bonchev–Trinajstić information content (AvgIpc) is 2.77. The second-order valence-electron chi connectivity index (χ2n) is 3.72. The molecular weight excluding hydrogens is 224 g/mol. The molecule has 78 valence electrons. The van der Waals surface area contributed by atoms with Gasteiger partial charge >= 0.3 is 0 Å². The van der Waals surface area contributed by atoms with Crippen LogP contribution in [-0.2, 0) is 0 Å². The van der Waals surface area contributed by atoms with Crippen molar-refractivity contribution in [1.82, 2.24) is 4.90 Å². The van der Waals surface area contributed by atoms with Crippen molar-refractivity contribution in [2.24, 2.45) is 0 Å². The third-order valence-corrected chi connectivity index (χ3v) is 4.86. The molecule has 0 aromatic heterocycles. The van der Waals surface area contributed by atoms with Crippen LogP contribution in [0.15, 0.2) is 35.4 Å². The summed E-state index contributed by atoms with van der Waals surface area (Å²) in [5, 5.41) is 2.77. The van der Waals surface area contributed by atoms with Crippen molar-refractivity contribution >= 4 is 29.2 Å². The molecule has 4 heteroatoms. The van der Waals surface area contributed by atoms with Crippen molar-refractivity contribution in [3.05, 3.63) is 40.9 Å². The molecule has 2 aliphatic heterocycles. The maximum Gasteiger partial charge on any atom is 0.0719 e. The molecule has 0 spiro atoms. The number of anilines is 1. The molecule has 1 aromatic carbocycles. The molecule has 2 heterocycles. The van der Waals surface area contributed by atoms with Gasteiger partial charge in [-0.15, -0.1) is 23.5 Å². The Morgan fingerprint density at radius 2 is 2.27 bits per heavy atom. The number of benzene rings is 1.